The van der Waals surface area contributed by atoms with E-state index in [1.807, 2.05) is 4.90 Å². The maximum absolute atomic E-state index is 12.7. The maximum atomic E-state index is 12.7. The average molecular weight is 279 g/mol. The number of nitrogens with one attached hydrogen (secondary N) is 2. The van der Waals surface area contributed by atoms with Gasteiger partial charge in [0, 0.05) is 20.1 Å². The number of nitrogens with zero attached hydrogens (tertiary/aromatic N) is 1. The van der Waals surface area contributed by atoms with Crippen LogP contribution < -0.4 is 10.6 Å². The molecule has 0 aromatic heterocycles. The van der Waals surface area contributed by atoms with E-state index in [-0.39, 0.29) is 23.8 Å². The summed E-state index contributed by atoms with van der Waals surface area (Å²) in [5.74, 6) is 1.50. The van der Waals surface area contributed by atoms with E-state index in [0.717, 1.165) is 25.9 Å². The number of amides is 2. The van der Waals surface area contributed by atoms with Crippen molar-refractivity contribution in [3.05, 3.63) is 0 Å². The maximum Gasteiger partial charge on any atom is 0.240 e. The molecule has 2 saturated heterocycles. The number of likely N-dealkylation sites (tertiary alicyclic amines) is 1. The van der Waals surface area contributed by atoms with Gasteiger partial charge in [-0.3, -0.25) is 9.59 Å². The summed E-state index contributed by atoms with van der Waals surface area (Å²) in [6.45, 7) is 2.39. The predicted molar refractivity (Wildman–Crippen MR) is 76.0 cm³/mol. The van der Waals surface area contributed by atoms with Crippen LogP contribution in [0.5, 0.6) is 0 Å². The Morgan fingerprint density at radius 2 is 2.05 bits per heavy atom. The van der Waals surface area contributed by atoms with E-state index < -0.39 is 0 Å². The van der Waals surface area contributed by atoms with Crippen LogP contribution in [0.3, 0.4) is 0 Å². The molecule has 112 valence electrons. The van der Waals surface area contributed by atoms with E-state index in [1.54, 1.807) is 7.05 Å². The highest BCUT2D eigenvalue weighted by atomic mass is 16.2. The molecule has 5 nitrogen and oxygen atoms in total. The summed E-state index contributed by atoms with van der Waals surface area (Å²) >= 11 is 0. The molecule has 5 heteroatoms. The summed E-state index contributed by atoms with van der Waals surface area (Å²) in [7, 11) is 1.67. The molecular weight excluding hydrogens is 254 g/mol. The van der Waals surface area contributed by atoms with Crippen molar-refractivity contribution in [1.82, 2.24) is 15.5 Å². The van der Waals surface area contributed by atoms with Gasteiger partial charge in [-0.15, -0.1) is 0 Å². The molecule has 0 bridgehead atoms. The number of piperidine rings is 1. The summed E-state index contributed by atoms with van der Waals surface area (Å²) in [4.78, 5) is 26.4. The molecular formula is C15H25N3O2. The van der Waals surface area contributed by atoms with Gasteiger partial charge in [-0.1, -0.05) is 6.42 Å². The number of hydrogen-bond donors (Lipinski definition) is 2. The van der Waals surface area contributed by atoms with Crippen molar-refractivity contribution in [3.8, 4) is 0 Å². The smallest absolute Gasteiger partial charge is 0.240 e. The second-order valence-corrected chi connectivity index (χ2v) is 6.48. The van der Waals surface area contributed by atoms with E-state index in [0.29, 0.717) is 18.4 Å². The molecule has 0 aromatic rings. The lowest BCUT2D eigenvalue weighted by molar-refractivity contribution is -0.138. The molecule has 4 unspecified atom stereocenters. The van der Waals surface area contributed by atoms with Crippen molar-refractivity contribution in [2.24, 2.45) is 17.8 Å². The Morgan fingerprint density at radius 1 is 1.20 bits per heavy atom. The molecule has 3 fully saturated rings. The Labute approximate surface area is 120 Å². The topological polar surface area (TPSA) is 61.4 Å². The summed E-state index contributed by atoms with van der Waals surface area (Å²) < 4.78 is 0. The molecule has 1 saturated carbocycles. The fourth-order valence-corrected chi connectivity index (χ4v) is 4.25. The first-order chi connectivity index (χ1) is 9.70. The first kappa shape index (κ1) is 13.9. The van der Waals surface area contributed by atoms with Gasteiger partial charge < -0.3 is 15.5 Å². The zero-order valence-electron chi connectivity index (χ0n) is 12.2. The van der Waals surface area contributed by atoms with Gasteiger partial charge >= 0.3 is 0 Å². The molecule has 2 amide bonds. The Balaban J connectivity index is 1.63. The summed E-state index contributed by atoms with van der Waals surface area (Å²) in [6, 6.07) is 0.00550. The molecule has 20 heavy (non-hydrogen) atoms. The van der Waals surface area contributed by atoms with Gasteiger partial charge in [0.2, 0.25) is 11.8 Å². The lowest BCUT2D eigenvalue weighted by atomic mass is 9.91. The number of fused-ring (bicyclic) bond motifs is 1. The molecule has 0 spiro atoms. The van der Waals surface area contributed by atoms with Crippen LogP contribution in [0.2, 0.25) is 0 Å². The zero-order chi connectivity index (χ0) is 14.1. The van der Waals surface area contributed by atoms with E-state index in [2.05, 4.69) is 10.6 Å². The largest absolute Gasteiger partial charge is 0.359 e. The zero-order valence-corrected chi connectivity index (χ0v) is 12.2. The van der Waals surface area contributed by atoms with Crippen LogP contribution in [0.15, 0.2) is 0 Å². The molecule has 4 atom stereocenters. The molecule has 0 radical (unpaired) electrons. The molecule has 2 N–H and O–H groups in total. The predicted octanol–water partition coefficient (Wildman–Crippen LogP) is 0.359. The van der Waals surface area contributed by atoms with E-state index in [9.17, 15) is 9.59 Å². The first-order valence-corrected chi connectivity index (χ1v) is 7.94. The van der Waals surface area contributed by atoms with Crippen molar-refractivity contribution in [2.75, 3.05) is 26.7 Å². The SMILES string of the molecule is CNC(=O)C1CCCN(C(=O)C2NCC3CCCC32)C1. The lowest BCUT2D eigenvalue weighted by Crippen LogP contribution is -2.51. The van der Waals surface area contributed by atoms with Gasteiger partial charge in [-0.2, -0.15) is 0 Å². The Bertz CT molecular complexity index is 399. The normalized spacial score (nSPS) is 36.8. The molecule has 3 rings (SSSR count). The third-order valence-electron chi connectivity index (χ3n) is 5.36. The van der Waals surface area contributed by atoms with Gasteiger partial charge in [0.1, 0.15) is 0 Å². The molecule has 1 aliphatic carbocycles. The van der Waals surface area contributed by atoms with E-state index >= 15 is 0 Å². The van der Waals surface area contributed by atoms with Gasteiger partial charge in [-0.25, -0.2) is 0 Å². The van der Waals surface area contributed by atoms with Gasteiger partial charge in [0.25, 0.3) is 0 Å². The summed E-state index contributed by atoms with van der Waals surface area (Å²) in [6.07, 6.45) is 5.54. The minimum Gasteiger partial charge on any atom is -0.359 e. The average Bonchev–Trinajstić information content (AvgIpc) is 3.08. The Hall–Kier alpha value is -1.10. The van der Waals surface area contributed by atoms with Crippen LogP contribution >= 0.6 is 0 Å². The molecule has 0 aromatic carbocycles. The van der Waals surface area contributed by atoms with Crippen molar-refractivity contribution >= 4 is 11.8 Å². The van der Waals surface area contributed by atoms with Crippen LogP contribution in [0, 0.1) is 17.8 Å². The molecule has 2 heterocycles. The minimum absolute atomic E-state index is 0.00550. The van der Waals surface area contributed by atoms with E-state index in [4.69, 9.17) is 0 Å². The highest BCUT2D eigenvalue weighted by Gasteiger charge is 2.44. The third kappa shape index (κ3) is 2.43. The van der Waals surface area contributed by atoms with Crippen LogP contribution in [0.1, 0.15) is 32.1 Å². The van der Waals surface area contributed by atoms with Gasteiger partial charge in [0.05, 0.1) is 12.0 Å². The number of carbonyl (C=O) groups is 2. The molecule has 2 aliphatic heterocycles. The van der Waals surface area contributed by atoms with Gasteiger partial charge in [-0.05, 0) is 44.1 Å². The fraction of sp³-hybridized carbons (Fsp3) is 0.867. The van der Waals surface area contributed by atoms with Crippen LogP contribution in [-0.2, 0) is 9.59 Å². The lowest BCUT2D eigenvalue weighted by Gasteiger charge is -2.34. The molecule has 3 aliphatic rings. The van der Waals surface area contributed by atoms with Crippen molar-refractivity contribution in [2.45, 2.75) is 38.1 Å². The van der Waals surface area contributed by atoms with Crippen molar-refractivity contribution < 1.29 is 9.59 Å². The minimum atomic E-state index is -0.0292. The Morgan fingerprint density at radius 3 is 2.85 bits per heavy atom. The van der Waals surface area contributed by atoms with Crippen molar-refractivity contribution in [3.63, 3.8) is 0 Å². The monoisotopic (exact) mass is 279 g/mol. The first-order valence-electron chi connectivity index (χ1n) is 7.94. The highest BCUT2D eigenvalue weighted by Crippen LogP contribution is 2.38. The highest BCUT2D eigenvalue weighted by molar-refractivity contribution is 5.84. The van der Waals surface area contributed by atoms with E-state index in [1.165, 1.54) is 19.3 Å². The fourth-order valence-electron chi connectivity index (χ4n) is 4.25. The van der Waals surface area contributed by atoms with Crippen LogP contribution in [0.4, 0.5) is 0 Å². The quantitative estimate of drug-likeness (QED) is 0.767. The van der Waals surface area contributed by atoms with Crippen LogP contribution in [-0.4, -0.2) is 49.4 Å². The summed E-state index contributed by atoms with van der Waals surface area (Å²) in [5, 5.41) is 6.13. The Kier molecular flexibility index (Phi) is 3.96. The number of rotatable bonds is 2. The van der Waals surface area contributed by atoms with Crippen molar-refractivity contribution in [1.29, 1.82) is 0 Å². The standard InChI is InChI=1S/C15H25N3O2/c1-16-14(19)11-5-3-7-18(9-11)15(20)13-12-6-2-4-10(12)8-17-13/h10-13,17H,2-9H2,1H3,(H,16,19). The third-order valence-corrected chi connectivity index (χ3v) is 5.36. The second kappa shape index (κ2) is 5.72. The number of carbonyl (C=O) groups excluding carboxylic acids is 2. The second-order valence-electron chi connectivity index (χ2n) is 6.48. The van der Waals surface area contributed by atoms with Crippen LogP contribution in [0.25, 0.3) is 0 Å². The summed E-state index contributed by atoms with van der Waals surface area (Å²) in [5.41, 5.74) is 0. The van der Waals surface area contributed by atoms with Gasteiger partial charge in [0.15, 0.2) is 0 Å². The number of hydrogen-bond acceptors (Lipinski definition) is 3.